The molecule has 0 saturated heterocycles. The Bertz CT molecular complexity index is 376. The third-order valence-electron chi connectivity index (χ3n) is 3.88. The summed E-state index contributed by atoms with van der Waals surface area (Å²) < 4.78 is 0. The number of thioether (sulfide) groups is 1. The van der Waals surface area contributed by atoms with Crippen LogP contribution in [-0.2, 0) is 6.42 Å². The van der Waals surface area contributed by atoms with Gasteiger partial charge >= 0.3 is 0 Å². The maximum absolute atomic E-state index is 6.30. The lowest BCUT2D eigenvalue weighted by atomic mass is 10.0. The second-order valence-electron chi connectivity index (χ2n) is 6.05. The zero-order valence-corrected chi connectivity index (χ0v) is 13.1. The maximum Gasteiger partial charge on any atom is 0.0171 e. The van der Waals surface area contributed by atoms with E-state index in [1.54, 1.807) is 0 Å². The molecule has 0 aromatic heterocycles. The molecular formula is C17H27NS. The van der Waals surface area contributed by atoms with E-state index in [0.29, 0.717) is 6.04 Å². The summed E-state index contributed by atoms with van der Waals surface area (Å²) in [5, 5.41) is 0.874. The summed E-state index contributed by atoms with van der Waals surface area (Å²) in [6, 6.07) is 7.08. The Morgan fingerprint density at radius 2 is 1.74 bits per heavy atom. The van der Waals surface area contributed by atoms with E-state index in [1.807, 2.05) is 0 Å². The molecule has 1 aliphatic carbocycles. The third-order valence-corrected chi connectivity index (χ3v) is 5.44. The molecule has 1 fully saturated rings. The van der Waals surface area contributed by atoms with Gasteiger partial charge in [0.25, 0.3) is 0 Å². The minimum Gasteiger partial charge on any atom is -0.327 e. The molecule has 0 bridgehead atoms. The van der Waals surface area contributed by atoms with Crippen molar-refractivity contribution in [1.82, 2.24) is 0 Å². The molecule has 0 amide bonds. The van der Waals surface area contributed by atoms with E-state index in [2.05, 4.69) is 43.8 Å². The fraction of sp³-hybridized carbons (Fsp3) is 0.647. The Morgan fingerprint density at radius 1 is 1.11 bits per heavy atom. The Kier molecular flexibility index (Phi) is 5.77. The third kappa shape index (κ3) is 5.19. The highest BCUT2D eigenvalue weighted by Crippen LogP contribution is 2.28. The molecule has 19 heavy (non-hydrogen) atoms. The van der Waals surface area contributed by atoms with Crippen LogP contribution in [0.15, 0.2) is 18.2 Å². The van der Waals surface area contributed by atoms with E-state index in [0.717, 1.165) is 17.4 Å². The van der Waals surface area contributed by atoms with Gasteiger partial charge in [-0.3, -0.25) is 0 Å². The highest BCUT2D eigenvalue weighted by Gasteiger charge is 2.15. The van der Waals surface area contributed by atoms with Crippen molar-refractivity contribution in [2.75, 3.05) is 5.75 Å². The molecule has 1 aliphatic rings. The van der Waals surface area contributed by atoms with Crippen LogP contribution in [0.5, 0.6) is 0 Å². The fourth-order valence-electron chi connectivity index (χ4n) is 3.04. The molecule has 106 valence electrons. The molecule has 1 saturated carbocycles. The second-order valence-corrected chi connectivity index (χ2v) is 7.39. The second kappa shape index (κ2) is 7.35. The fourth-order valence-corrected chi connectivity index (χ4v) is 4.34. The molecule has 0 spiro atoms. The average Bonchev–Trinajstić information content (AvgIpc) is 2.36. The smallest absolute Gasteiger partial charge is 0.0171 e. The first-order valence-electron chi connectivity index (χ1n) is 7.58. The summed E-state index contributed by atoms with van der Waals surface area (Å²) in [4.78, 5) is 0. The number of nitrogens with two attached hydrogens (primary N) is 1. The van der Waals surface area contributed by atoms with Crippen LogP contribution < -0.4 is 5.73 Å². The van der Waals surface area contributed by atoms with Crippen molar-refractivity contribution in [3.8, 4) is 0 Å². The quantitative estimate of drug-likeness (QED) is 0.871. The van der Waals surface area contributed by atoms with E-state index >= 15 is 0 Å². The van der Waals surface area contributed by atoms with Crippen molar-refractivity contribution in [3.63, 3.8) is 0 Å². The molecule has 1 aromatic carbocycles. The average molecular weight is 277 g/mol. The maximum atomic E-state index is 6.30. The van der Waals surface area contributed by atoms with Crippen molar-refractivity contribution in [2.24, 2.45) is 5.73 Å². The van der Waals surface area contributed by atoms with Gasteiger partial charge in [-0.15, -0.1) is 0 Å². The SMILES string of the molecule is Cc1cc(C)cc(CC(N)CSC2CCCCC2)c1. The van der Waals surface area contributed by atoms with Crippen molar-refractivity contribution in [3.05, 3.63) is 34.9 Å². The molecule has 1 atom stereocenters. The monoisotopic (exact) mass is 277 g/mol. The van der Waals surface area contributed by atoms with Gasteiger partial charge in [0, 0.05) is 17.0 Å². The number of hydrogen-bond donors (Lipinski definition) is 1. The zero-order valence-electron chi connectivity index (χ0n) is 12.3. The van der Waals surface area contributed by atoms with Crippen molar-refractivity contribution in [1.29, 1.82) is 0 Å². The molecule has 2 rings (SSSR count). The standard InChI is InChI=1S/C17H27NS/c1-13-8-14(2)10-15(9-13)11-16(18)12-19-17-6-4-3-5-7-17/h8-10,16-17H,3-7,11-12,18H2,1-2H3. The first-order valence-corrected chi connectivity index (χ1v) is 8.63. The highest BCUT2D eigenvalue weighted by molar-refractivity contribution is 7.99. The Hall–Kier alpha value is -0.470. The van der Waals surface area contributed by atoms with Crippen molar-refractivity contribution < 1.29 is 0 Å². The van der Waals surface area contributed by atoms with Crippen LogP contribution in [0, 0.1) is 13.8 Å². The van der Waals surface area contributed by atoms with Crippen LogP contribution in [-0.4, -0.2) is 17.0 Å². The molecular weight excluding hydrogens is 250 g/mol. The van der Waals surface area contributed by atoms with E-state index < -0.39 is 0 Å². The summed E-state index contributed by atoms with van der Waals surface area (Å²) >= 11 is 2.11. The summed E-state index contributed by atoms with van der Waals surface area (Å²) in [5.74, 6) is 1.11. The van der Waals surface area contributed by atoms with Crippen molar-refractivity contribution >= 4 is 11.8 Å². The first kappa shape index (κ1) is 14.9. The van der Waals surface area contributed by atoms with E-state index in [1.165, 1.54) is 48.8 Å². The molecule has 1 unspecified atom stereocenters. The lowest BCUT2D eigenvalue weighted by Crippen LogP contribution is -2.27. The van der Waals surface area contributed by atoms with Crippen molar-refractivity contribution in [2.45, 2.75) is 63.7 Å². The van der Waals surface area contributed by atoms with Gasteiger partial charge in [0.2, 0.25) is 0 Å². The van der Waals surface area contributed by atoms with Crippen LogP contribution in [0.3, 0.4) is 0 Å². The molecule has 0 radical (unpaired) electrons. The molecule has 1 nitrogen and oxygen atoms in total. The topological polar surface area (TPSA) is 26.0 Å². The van der Waals surface area contributed by atoms with Gasteiger partial charge in [-0.2, -0.15) is 11.8 Å². The van der Waals surface area contributed by atoms with Gasteiger partial charge < -0.3 is 5.73 Å². The number of aryl methyl sites for hydroxylation is 2. The normalized spacial score (nSPS) is 18.5. The number of hydrogen-bond acceptors (Lipinski definition) is 2. The molecule has 1 aromatic rings. The summed E-state index contributed by atoms with van der Waals surface area (Å²) in [6.07, 6.45) is 8.10. The molecule has 2 heteroatoms. The predicted molar refractivity (Wildman–Crippen MR) is 86.9 cm³/mol. The minimum absolute atomic E-state index is 0.299. The molecule has 2 N–H and O–H groups in total. The predicted octanol–water partition coefficient (Wildman–Crippen LogP) is 4.24. The first-order chi connectivity index (χ1) is 9.13. The Balaban J connectivity index is 1.78. The number of rotatable bonds is 5. The van der Waals surface area contributed by atoms with Crippen LogP contribution in [0.1, 0.15) is 48.8 Å². The summed E-state index contributed by atoms with van der Waals surface area (Å²) in [7, 11) is 0. The summed E-state index contributed by atoms with van der Waals surface area (Å²) in [5.41, 5.74) is 10.4. The van der Waals surface area contributed by atoms with Gasteiger partial charge in [-0.25, -0.2) is 0 Å². The lowest BCUT2D eigenvalue weighted by molar-refractivity contribution is 0.515. The number of benzene rings is 1. The van der Waals surface area contributed by atoms with E-state index in [9.17, 15) is 0 Å². The van der Waals surface area contributed by atoms with Crippen LogP contribution in [0.4, 0.5) is 0 Å². The van der Waals surface area contributed by atoms with Gasteiger partial charge in [-0.05, 0) is 38.7 Å². The van der Waals surface area contributed by atoms with Crippen LogP contribution in [0.25, 0.3) is 0 Å². The van der Waals surface area contributed by atoms with Crippen LogP contribution in [0.2, 0.25) is 0 Å². The minimum atomic E-state index is 0.299. The van der Waals surface area contributed by atoms with E-state index in [-0.39, 0.29) is 0 Å². The molecule has 0 heterocycles. The van der Waals surface area contributed by atoms with Gasteiger partial charge in [0.05, 0.1) is 0 Å². The van der Waals surface area contributed by atoms with Crippen LogP contribution >= 0.6 is 11.8 Å². The lowest BCUT2D eigenvalue weighted by Gasteiger charge is -2.22. The zero-order chi connectivity index (χ0) is 13.7. The Morgan fingerprint density at radius 3 is 2.37 bits per heavy atom. The van der Waals surface area contributed by atoms with Gasteiger partial charge in [-0.1, -0.05) is 48.6 Å². The Labute approximate surface area is 122 Å². The van der Waals surface area contributed by atoms with Gasteiger partial charge in [0.1, 0.15) is 0 Å². The highest BCUT2D eigenvalue weighted by atomic mass is 32.2. The summed E-state index contributed by atoms with van der Waals surface area (Å²) in [6.45, 7) is 4.33. The van der Waals surface area contributed by atoms with E-state index in [4.69, 9.17) is 5.73 Å². The largest absolute Gasteiger partial charge is 0.327 e. The van der Waals surface area contributed by atoms with Gasteiger partial charge in [0.15, 0.2) is 0 Å². The molecule has 0 aliphatic heterocycles.